The van der Waals surface area contributed by atoms with Crippen LogP contribution in [0.3, 0.4) is 0 Å². The number of hydrogen-bond donors (Lipinski definition) is 0. The normalized spacial score (nSPS) is 12.2. The molecule has 320 valence electrons. The number of para-hydroxylation sites is 3. The van der Waals surface area contributed by atoms with Crippen LogP contribution in [0.25, 0.3) is 50.2 Å². The molecule has 4 heterocycles. The summed E-state index contributed by atoms with van der Waals surface area (Å²) in [5.41, 5.74) is 10.5. The molecule has 0 N–H and O–H groups in total. The van der Waals surface area contributed by atoms with E-state index in [1.165, 1.54) is 27.8 Å². The van der Waals surface area contributed by atoms with Gasteiger partial charge in [-0.25, -0.2) is 4.98 Å². The summed E-state index contributed by atoms with van der Waals surface area (Å²) in [7, 11) is 0. The third-order valence-corrected chi connectivity index (χ3v) is 12.7. The molecule has 7 heteroatoms. The van der Waals surface area contributed by atoms with Gasteiger partial charge in [-0.05, 0) is 74.7 Å². The number of nitrogens with zero attached hydrogens (tertiary/aromatic N) is 5. The van der Waals surface area contributed by atoms with E-state index in [0.29, 0.717) is 17.3 Å². The number of ether oxygens (including phenoxy) is 1. The van der Waals surface area contributed by atoms with Crippen molar-refractivity contribution < 1.29 is 30.4 Å². The summed E-state index contributed by atoms with van der Waals surface area (Å²) in [6, 6.07) is 62.5. The molecule has 64 heavy (non-hydrogen) atoms. The largest absolute Gasteiger partial charge is 0.522 e. The number of imidazole rings is 1. The molecule has 0 amide bonds. The van der Waals surface area contributed by atoms with Crippen LogP contribution in [0.1, 0.15) is 76.3 Å². The summed E-state index contributed by atoms with van der Waals surface area (Å²) in [4.78, 5) is 9.67. The van der Waals surface area contributed by atoms with E-state index in [-0.39, 0.29) is 37.3 Å². The second kappa shape index (κ2) is 16.5. The maximum absolute atomic E-state index is 6.59. The number of fused-ring (bicyclic) bond motifs is 4. The van der Waals surface area contributed by atoms with Crippen molar-refractivity contribution in [2.24, 2.45) is 0 Å². The Morgan fingerprint density at radius 3 is 1.78 bits per heavy atom. The molecule has 6 aromatic carbocycles. The van der Waals surface area contributed by atoms with E-state index in [9.17, 15) is 0 Å². The molecule has 0 spiro atoms. The molecule has 4 aromatic heterocycles. The van der Waals surface area contributed by atoms with Gasteiger partial charge in [-0.1, -0.05) is 169 Å². The van der Waals surface area contributed by atoms with Crippen LogP contribution >= 0.6 is 0 Å². The van der Waals surface area contributed by atoms with Crippen LogP contribution < -0.4 is 9.30 Å². The van der Waals surface area contributed by atoms with Gasteiger partial charge in [0, 0.05) is 49.4 Å². The van der Waals surface area contributed by atoms with Crippen molar-refractivity contribution in [1.82, 2.24) is 19.1 Å². The van der Waals surface area contributed by atoms with E-state index in [1.54, 1.807) is 6.20 Å². The minimum Gasteiger partial charge on any atom is -0.522 e. The zero-order chi connectivity index (χ0) is 43.5. The molecule has 0 aliphatic carbocycles. The molecule has 0 aliphatic rings. The summed E-state index contributed by atoms with van der Waals surface area (Å²) in [6.45, 7) is 15.9. The van der Waals surface area contributed by atoms with E-state index < -0.39 is 0 Å². The molecule has 0 aliphatic heterocycles. The SMILES string of the molecule is CC(C)(C)c1ccnc(-n2c3[c-]c(Oc4[c-]c(-n5[c-][n+](-c6cc(C(C)(C)c7ccccc7)cc(C(C)(C)c7ccccc7)c6)c6ccccc65)ncc4)ccc3c3ccccc32)c1.[Pt]. The van der Waals surface area contributed by atoms with Crippen LogP contribution in [0.5, 0.6) is 11.5 Å². The number of pyridine rings is 2. The van der Waals surface area contributed by atoms with Crippen molar-refractivity contribution in [1.29, 1.82) is 0 Å². The van der Waals surface area contributed by atoms with Gasteiger partial charge in [0.15, 0.2) is 0 Å². The van der Waals surface area contributed by atoms with Crippen LogP contribution in [0.15, 0.2) is 170 Å². The summed E-state index contributed by atoms with van der Waals surface area (Å²) in [6.07, 6.45) is 7.35. The van der Waals surface area contributed by atoms with Crippen LogP contribution in [0.2, 0.25) is 0 Å². The van der Waals surface area contributed by atoms with Crippen molar-refractivity contribution in [2.45, 2.75) is 64.7 Å². The molecule has 0 fully saturated rings. The average Bonchev–Trinajstić information content (AvgIpc) is 3.85. The molecule has 10 aromatic rings. The van der Waals surface area contributed by atoms with Crippen molar-refractivity contribution in [2.75, 3.05) is 0 Å². The predicted molar refractivity (Wildman–Crippen MR) is 254 cm³/mol. The Hall–Kier alpha value is -6.62. The van der Waals surface area contributed by atoms with Crippen molar-refractivity contribution in [3.8, 4) is 28.8 Å². The molecular formula is C57H49N5OPt-2. The molecule has 0 saturated heterocycles. The van der Waals surface area contributed by atoms with Crippen LogP contribution in [0.4, 0.5) is 0 Å². The maximum Gasteiger partial charge on any atom is 0.269 e. The Morgan fingerprint density at radius 1 is 0.516 bits per heavy atom. The van der Waals surface area contributed by atoms with Crippen LogP contribution in [-0.4, -0.2) is 19.1 Å². The van der Waals surface area contributed by atoms with Gasteiger partial charge in [0.1, 0.15) is 5.82 Å². The summed E-state index contributed by atoms with van der Waals surface area (Å²) in [5, 5.41) is 2.20. The van der Waals surface area contributed by atoms with Gasteiger partial charge in [-0.15, -0.1) is 17.5 Å². The van der Waals surface area contributed by atoms with Crippen molar-refractivity contribution in [3.63, 3.8) is 0 Å². The van der Waals surface area contributed by atoms with Gasteiger partial charge >= 0.3 is 0 Å². The molecule has 0 unspecified atom stereocenters. The predicted octanol–water partition coefficient (Wildman–Crippen LogP) is 12.9. The smallest absolute Gasteiger partial charge is 0.269 e. The Labute approximate surface area is 390 Å². The van der Waals surface area contributed by atoms with E-state index in [0.717, 1.165) is 44.3 Å². The Morgan fingerprint density at radius 2 is 1.11 bits per heavy atom. The monoisotopic (exact) mass is 1010 g/mol. The first-order valence-electron chi connectivity index (χ1n) is 21.6. The fourth-order valence-electron chi connectivity index (χ4n) is 8.74. The van der Waals surface area contributed by atoms with Crippen molar-refractivity contribution in [3.05, 3.63) is 216 Å². The molecule has 0 saturated carbocycles. The molecule has 0 radical (unpaired) electrons. The molecule has 0 bridgehead atoms. The third kappa shape index (κ3) is 7.64. The molecular weight excluding hydrogens is 966 g/mol. The fourth-order valence-corrected chi connectivity index (χ4v) is 8.74. The van der Waals surface area contributed by atoms with Gasteiger partial charge in [0.2, 0.25) is 0 Å². The first-order valence-corrected chi connectivity index (χ1v) is 21.6. The number of aromatic nitrogens is 5. The van der Waals surface area contributed by atoms with E-state index >= 15 is 0 Å². The van der Waals surface area contributed by atoms with Gasteiger partial charge < -0.3 is 9.30 Å². The molecule has 0 atom stereocenters. The second-order valence-corrected chi connectivity index (χ2v) is 18.5. The molecule has 6 nitrogen and oxygen atoms in total. The number of benzene rings is 6. The first-order chi connectivity index (χ1) is 30.4. The fraction of sp³-hybridized carbons (Fsp3) is 0.175. The Kier molecular flexibility index (Phi) is 11.0. The van der Waals surface area contributed by atoms with Gasteiger partial charge in [-0.3, -0.25) is 14.1 Å². The van der Waals surface area contributed by atoms with E-state index in [4.69, 9.17) is 14.7 Å². The third-order valence-electron chi connectivity index (χ3n) is 12.7. The Bertz CT molecular complexity index is 3230. The van der Waals surface area contributed by atoms with Crippen LogP contribution in [-0.2, 0) is 37.3 Å². The number of rotatable bonds is 9. The topological polar surface area (TPSA) is 48.8 Å². The standard InChI is InChI=1S/C57H49N5O.Pt/c1-55(2,3)41-28-30-59-54(35-41)62-49-23-15-14-22-47(49)48-27-26-45(36-52(48)62)63-46-29-31-58-53(37-46)61-38-60(50-24-16-17-25-51(50)61)44-33-42(56(4,5)39-18-10-8-11-19-39)32-43(34-44)57(6,7)40-20-12-9-13-21-40;/h8-35H,1-7H3;/q-2;. The Balaban J connectivity index is 0.00000518. The maximum atomic E-state index is 6.59. The van der Waals surface area contributed by atoms with Gasteiger partial charge in [-0.2, -0.15) is 18.2 Å². The minimum absolute atomic E-state index is 0. The summed E-state index contributed by atoms with van der Waals surface area (Å²) < 4.78 is 12.9. The molecule has 10 rings (SSSR count). The summed E-state index contributed by atoms with van der Waals surface area (Å²) >= 11 is 0. The van der Waals surface area contributed by atoms with Gasteiger partial charge in [0.25, 0.3) is 6.33 Å². The minimum atomic E-state index is -0.278. The zero-order valence-electron chi connectivity index (χ0n) is 37.1. The quantitative estimate of drug-likeness (QED) is 0.107. The first kappa shape index (κ1) is 42.7. The zero-order valence-corrected chi connectivity index (χ0v) is 39.4. The second-order valence-electron chi connectivity index (χ2n) is 18.5. The number of hydrogen-bond acceptors (Lipinski definition) is 3. The summed E-state index contributed by atoms with van der Waals surface area (Å²) in [5.74, 6) is 2.48. The average molecular weight is 1020 g/mol. The van der Waals surface area contributed by atoms with E-state index in [1.807, 2.05) is 29.0 Å². The van der Waals surface area contributed by atoms with E-state index in [2.05, 4.69) is 216 Å². The van der Waals surface area contributed by atoms with Crippen molar-refractivity contribution >= 4 is 32.8 Å². The van der Waals surface area contributed by atoms with Crippen LogP contribution in [0, 0.1) is 18.5 Å². The van der Waals surface area contributed by atoms with Gasteiger partial charge in [0.05, 0.1) is 22.5 Å².